The summed E-state index contributed by atoms with van der Waals surface area (Å²) in [6.07, 6.45) is 6.91. The highest BCUT2D eigenvalue weighted by Gasteiger charge is 2.39. The van der Waals surface area contributed by atoms with Crippen LogP contribution >= 0.6 is 39.7 Å². The largest absolute Gasteiger partial charge is 0.0502 e. The molecule has 0 N–H and O–H groups in total. The van der Waals surface area contributed by atoms with Gasteiger partial charge in [0.25, 0.3) is 0 Å². The van der Waals surface area contributed by atoms with Crippen molar-refractivity contribution in [2.24, 2.45) is 17.8 Å². The van der Waals surface area contributed by atoms with Gasteiger partial charge >= 0.3 is 0 Å². The smallest absolute Gasteiger partial charge is 0.0167 e. The SMILES string of the molecule is ClS(Cl)(Cl)CCC1CC2CCC1C2. The molecule has 0 aliphatic heterocycles. The summed E-state index contributed by atoms with van der Waals surface area (Å²) in [5.74, 6) is 3.67. The lowest BCUT2D eigenvalue weighted by Crippen LogP contribution is -2.11. The summed E-state index contributed by atoms with van der Waals surface area (Å²) in [5, 5.41) is 0. The molecule has 2 aliphatic rings. The first-order valence-corrected chi connectivity index (χ1v) is 9.22. The van der Waals surface area contributed by atoms with Gasteiger partial charge in [-0.2, -0.15) is 0 Å². The first-order valence-electron chi connectivity index (χ1n) is 4.94. The normalized spacial score (nSPS) is 39.8. The maximum atomic E-state index is 5.83. The highest BCUT2D eigenvalue weighted by Crippen LogP contribution is 2.64. The fourth-order valence-electron chi connectivity index (χ4n) is 3.02. The van der Waals surface area contributed by atoms with Gasteiger partial charge in [0.05, 0.1) is 0 Å². The Morgan fingerprint density at radius 2 is 1.85 bits per heavy atom. The van der Waals surface area contributed by atoms with Crippen molar-refractivity contribution in [2.75, 3.05) is 5.75 Å². The van der Waals surface area contributed by atoms with Crippen LogP contribution in [0.3, 0.4) is 0 Å². The standard InChI is InChI=1S/C9H15Cl3S/c10-13(11,12)4-3-9-6-7-1-2-8(9)5-7/h7-9H,1-6H2. The highest BCUT2D eigenvalue weighted by molar-refractivity contribution is 8.79. The molecule has 0 amide bonds. The third-order valence-electron chi connectivity index (χ3n) is 3.60. The van der Waals surface area contributed by atoms with Crippen molar-refractivity contribution in [3.8, 4) is 0 Å². The van der Waals surface area contributed by atoms with Crippen molar-refractivity contribution in [1.29, 1.82) is 0 Å². The Hall–Kier alpha value is 1.22. The van der Waals surface area contributed by atoms with Crippen molar-refractivity contribution in [3.05, 3.63) is 0 Å². The second-order valence-electron chi connectivity index (χ2n) is 4.43. The molecule has 2 aliphatic carbocycles. The van der Waals surface area contributed by atoms with E-state index in [1.807, 2.05) is 0 Å². The summed E-state index contributed by atoms with van der Waals surface area (Å²) >= 11 is 0. The fraction of sp³-hybridized carbons (Fsp3) is 1.00. The van der Waals surface area contributed by atoms with E-state index in [9.17, 15) is 0 Å². The van der Waals surface area contributed by atoms with Crippen molar-refractivity contribution in [3.63, 3.8) is 0 Å². The Morgan fingerprint density at radius 3 is 2.31 bits per heavy atom. The zero-order valence-corrected chi connectivity index (χ0v) is 10.6. The number of hydrogen-bond acceptors (Lipinski definition) is 0. The molecule has 0 aromatic carbocycles. The molecule has 13 heavy (non-hydrogen) atoms. The Bertz CT molecular complexity index is 190. The van der Waals surface area contributed by atoms with E-state index in [0.717, 1.165) is 29.9 Å². The zero-order valence-electron chi connectivity index (χ0n) is 7.52. The zero-order chi connectivity index (χ0) is 9.47. The van der Waals surface area contributed by atoms with Crippen molar-refractivity contribution >= 4 is 39.7 Å². The van der Waals surface area contributed by atoms with E-state index < -0.39 is 7.67 Å². The maximum absolute atomic E-state index is 5.83. The summed E-state index contributed by atoms with van der Waals surface area (Å²) < 4.78 is 0. The monoisotopic (exact) mass is 260 g/mol. The van der Waals surface area contributed by atoms with Crippen LogP contribution in [0.5, 0.6) is 0 Å². The van der Waals surface area contributed by atoms with Gasteiger partial charge in [-0.1, -0.05) is 6.42 Å². The molecule has 0 nitrogen and oxygen atoms in total. The molecule has 2 saturated carbocycles. The molecule has 0 saturated heterocycles. The Labute approximate surface area is 95.1 Å². The molecule has 0 aromatic heterocycles. The first-order chi connectivity index (χ1) is 6.04. The lowest BCUT2D eigenvalue weighted by atomic mass is 9.87. The lowest BCUT2D eigenvalue weighted by molar-refractivity contribution is 0.326. The summed E-state index contributed by atoms with van der Waals surface area (Å²) in [7, 11) is 15.7. The molecule has 78 valence electrons. The molecule has 2 bridgehead atoms. The molecule has 4 heteroatoms. The molecule has 3 atom stereocenters. The van der Waals surface area contributed by atoms with E-state index in [0.29, 0.717) is 0 Å². The summed E-state index contributed by atoms with van der Waals surface area (Å²) in [6, 6.07) is 0. The Kier molecular flexibility index (Phi) is 3.30. The van der Waals surface area contributed by atoms with Gasteiger partial charge in [-0.25, -0.2) is 0 Å². The van der Waals surface area contributed by atoms with Gasteiger partial charge in [0.15, 0.2) is 0 Å². The van der Waals surface area contributed by atoms with E-state index in [-0.39, 0.29) is 0 Å². The van der Waals surface area contributed by atoms with Gasteiger partial charge in [-0.05, 0) is 83.2 Å². The van der Waals surface area contributed by atoms with Crippen LogP contribution in [0, 0.1) is 17.8 Å². The van der Waals surface area contributed by atoms with Gasteiger partial charge < -0.3 is 0 Å². The van der Waals surface area contributed by atoms with Crippen LogP contribution in [0.25, 0.3) is 0 Å². The quantitative estimate of drug-likeness (QED) is 0.665. The molecule has 0 spiro atoms. The maximum Gasteiger partial charge on any atom is 0.0167 e. The van der Waals surface area contributed by atoms with Gasteiger partial charge in [0.1, 0.15) is 0 Å². The average molecular weight is 262 g/mol. The van der Waals surface area contributed by atoms with Gasteiger partial charge in [0, 0.05) is 5.75 Å². The Morgan fingerprint density at radius 1 is 1.08 bits per heavy atom. The molecule has 3 unspecified atom stereocenters. The second-order valence-corrected chi connectivity index (χ2v) is 12.0. The third-order valence-corrected chi connectivity index (χ3v) is 5.69. The van der Waals surface area contributed by atoms with Crippen LogP contribution in [0.1, 0.15) is 32.1 Å². The fourth-order valence-corrected chi connectivity index (χ4v) is 4.39. The van der Waals surface area contributed by atoms with Crippen LogP contribution in [0.4, 0.5) is 0 Å². The predicted octanol–water partition coefficient (Wildman–Crippen LogP) is 5.08. The van der Waals surface area contributed by atoms with Crippen LogP contribution in [-0.2, 0) is 0 Å². The molecule has 0 radical (unpaired) electrons. The van der Waals surface area contributed by atoms with Crippen LogP contribution in [0.15, 0.2) is 0 Å². The second kappa shape index (κ2) is 4.00. The van der Waals surface area contributed by atoms with Crippen LogP contribution in [0.2, 0.25) is 0 Å². The lowest BCUT2D eigenvalue weighted by Gasteiger charge is -2.24. The topological polar surface area (TPSA) is 0 Å². The van der Waals surface area contributed by atoms with E-state index in [4.69, 9.17) is 32.0 Å². The summed E-state index contributed by atoms with van der Waals surface area (Å²) in [4.78, 5) is 0. The molecule has 0 aromatic rings. The highest BCUT2D eigenvalue weighted by atomic mass is 36.2. The molecule has 2 fully saturated rings. The van der Waals surface area contributed by atoms with E-state index in [1.54, 1.807) is 0 Å². The third kappa shape index (κ3) is 2.84. The van der Waals surface area contributed by atoms with Crippen molar-refractivity contribution < 1.29 is 0 Å². The number of rotatable bonds is 3. The number of halogens is 3. The Balaban J connectivity index is 1.78. The van der Waals surface area contributed by atoms with E-state index in [2.05, 4.69) is 0 Å². The molecule has 0 heterocycles. The minimum Gasteiger partial charge on any atom is -0.0502 e. The summed E-state index contributed by atoms with van der Waals surface area (Å²) in [6.45, 7) is 0. The van der Waals surface area contributed by atoms with E-state index >= 15 is 0 Å². The number of hydrogen-bond donors (Lipinski definition) is 0. The van der Waals surface area contributed by atoms with Crippen molar-refractivity contribution in [2.45, 2.75) is 32.1 Å². The first kappa shape index (κ1) is 10.7. The van der Waals surface area contributed by atoms with Gasteiger partial charge in [-0.15, -0.1) is 0 Å². The summed E-state index contributed by atoms with van der Waals surface area (Å²) in [5.41, 5.74) is 0. The molecular weight excluding hydrogens is 247 g/mol. The molecular formula is C9H15Cl3S. The van der Waals surface area contributed by atoms with Gasteiger partial charge in [-0.3, -0.25) is 0 Å². The minimum absolute atomic E-state index is 0.811. The van der Waals surface area contributed by atoms with Gasteiger partial charge in [0.2, 0.25) is 0 Å². The van der Waals surface area contributed by atoms with Crippen molar-refractivity contribution in [1.82, 2.24) is 0 Å². The molecule has 2 rings (SSSR count). The predicted molar refractivity (Wildman–Crippen MR) is 63.6 cm³/mol. The van der Waals surface area contributed by atoms with E-state index in [1.165, 1.54) is 25.7 Å². The average Bonchev–Trinajstić information content (AvgIpc) is 2.58. The van der Waals surface area contributed by atoms with Crippen LogP contribution in [-0.4, -0.2) is 5.75 Å². The number of fused-ring (bicyclic) bond motifs is 2. The van der Waals surface area contributed by atoms with Crippen LogP contribution < -0.4 is 0 Å². The minimum atomic E-state index is -1.81.